The monoisotopic (exact) mass is 385 g/mol. The highest BCUT2D eigenvalue weighted by atomic mass is 16.2. The molecule has 0 aromatic rings. The van der Waals surface area contributed by atoms with Crippen molar-refractivity contribution in [3.63, 3.8) is 0 Å². The number of allylic oxidation sites excluding steroid dienone is 6. The van der Waals surface area contributed by atoms with Gasteiger partial charge in [0.15, 0.2) is 0 Å². The van der Waals surface area contributed by atoms with E-state index in [1.54, 1.807) is 4.90 Å². The Labute approximate surface area is 172 Å². The molecule has 0 radical (unpaired) electrons. The molecule has 0 heterocycles. The van der Waals surface area contributed by atoms with Crippen molar-refractivity contribution < 1.29 is 4.79 Å². The fraction of sp³-hybridized carbons (Fsp3) is 0.625. The van der Waals surface area contributed by atoms with E-state index < -0.39 is 0 Å². The lowest BCUT2D eigenvalue weighted by Crippen LogP contribution is -2.47. The molecule has 2 aliphatic rings. The molecule has 0 saturated heterocycles. The van der Waals surface area contributed by atoms with Gasteiger partial charge < -0.3 is 10.2 Å². The van der Waals surface area contributed by atoms with Crippen molar-refractivity contribution in [2.75, 3.05) is 34.2 Å². The quantitative estimate of drug-likeness (QED) is 0.450. The summed E-state index contributed by atoms with van der Waals surface area (Å²) < 4.78 is 0. The molecule has 0 spiro atoms. The van der Waals surface area contributed by atoms with Crippen molar-refractivity contribution in [3.8, 4) is 0 Å². The van der Waals surface area contributed by atoms with E-state index in [2.05, 4.69) is 62.1 Å². The van der Waals surface area contributed by atoms with Gasteiger partial charge in [-0.1, -0.05) is 49.3 Å². The van der Waals surface area contributed by atoms with Crippen LogP contribution in [-0.2, 0) is 4.79 Å². The van der Waals surface area contributed by atoms with Crippen molar-refractivity contribution >= 4 is 5.91 Å². The van der Waals surface area contributed by atoms with Crippen LogP contribution >= 0.6 is 0 Å². The van der Waals surface area contributed by atoms with Gasteiger partial charge in [0.25, 0.3) is 0 Å². The van der Waals surface area contributed by atoms with Crippen LogP contribution in [0.1, 0.15) is 51.9 Å². The largest absolute Gasteiger partial charge is 0.341 e. The van der Waals surface area contributed by atoms with E-state index in [0.29, 0.717) is 18.1 Å². The standard InChI is InChI=1S/C24H39N3O/c1-6-23(28)27(5)16-15-26(4)22(25-3)19-24(13-9-10-14-24)18-21-12-8-7-11-20(2)17-21/h6-8,12,17,22,25H,1,9-11,13-16,18-19H2,2-5H3. The summed E-state index contributed by atoms with van der Waals surface area (Å²) in [7, 11) is 6.05. The summed E-state index contributed by atoms with van der Waals surface area (Å²) in [4.78, 5) is 15.8. The molecule has 0 aromatic carbocycles. The van der Waals surface area contributed by atoms with Gasteiger partial charge in [0.1, 0.15) is 0 Å². The van der Waals surface area contributed by atoms with Gasteiger partial charge in [-0.2, -0.15) is 0 Å². The highest BCUT2D eigenvalue weighted by Gasteiger charge is 2.37. The average molecular weight is 386 g/mol. The molecule has 156 valence electrons. The predicted molar refractivity (Wildman–Crippen MR) is 119 cm³/mol. The lowest BCUT2D eigenvalue weighted by atomic mass is 9.75. The molecule has 1 fully saturated rings. The van der Waals surface area contributed by atoms with E-state index in [4.69, 9.17) is 0 Å². The van der Waals surface area contributed by atoms with Crippen molar-refractivity contribution in [2.45, 2.75) is 58.0 Å². The van der Waals surface area contributed by atoms with Gasteiger partial charge in [-0.3, -0.25) is 9.69 Å². The van der Waals surface area contributed by atoms with Crippen LogP contribution in [0.2, 0.25) is 0 Å². The van der Waals surface area contributed by atoms with Crippen LogP contribution in [0.15, 0.2) is 48.1 Å². The van der Waals surface area contributed by atoms with E-state index in [0.717, 1.165) is 25.8 Å². The minimum atomic E-state index is -0.0165. The Balaban J connectivity index is 2.03. The molecule has 1 N–H and O–H groups in total. The molecule has 1 amide bonds. The molecule has 0 bridgehead atoms. The van der Waals surface area contributed by atoms with Gasteiger partial charge in [-0.15, -0.1) is 0 Å². The van der Waals surface area contributed by atoms with Crippen molar-refractivity contribution in [3.05, 3.63) is 48.1 Å². The summed E-state index contributed by atoms with van der Waals surface area (Å²) in [6, 6.07) is 0. The second kappa shape index (κ2) is 10.8. The summed E-state index contributed by atoms with van der Waals surface area (Å²) in [5.41, 5.74) is 3.29. The number of nitrogens with zero attached hydrogens (tertiary/aromatic N) is 2. The third-order valence-electron chi connectivity index (χ3n) is 6.39. The summed E-state index contributed by atoms with van der Waals surface area (Å²) in [6.45, 7) is 7.37. The average Bonchev–Trinajstić information content (AvgIpc) is 3.04. The fourth-order valence-corrected chi connectivity index (χ4v) is 4.61. The molecule has 0 aliphatic heterocycles. The van der Waals surface area contributed by atoms with E-state index in [1.807, 2.05) is 7.05 Å². The smallest absolute Gasteiger partial charge is 0.245 e. The van der Waals surface area contributed by atoms with E-state index in [1.165, 1.54) is 42.9 Å². The summed E-state index contributed by atoms with van der Waals surface area (Å²) >= 11 is 0. The number of carbonyl (C=O) groups excluding carboxylic acids is 1. The Morgan fingerprint density at radius 1 is 1.32 bits per heavy atom. The summed E-state index contributed by atoms with van der Waals surface area (Å²) in [6.07, 6.45) is 19.5. The third-order valence-corrected chi connectivity index (χ3v) is 6.39. The second-order valence-electron chi connectivity index (χ2n) is 8.70. The Kier molecular flexibility index (Phi) is 8.71. The second-order valence-corrected chi connectivity index (χ2v) is 8.70. The maximum absolute atomic E-state index is 11.7. The Hall–Kier alpha value is -1.65. The molecular weight excluding hydrogens is 346 g/mol. The van der Waals surface area contributed by atoms with Crippen molar-refractivity contribution in [1.82, 2.24) is 15.1 Å². The van der Waals surface area contributed by atoms with Gasteiger partial charge >= 0.3 is 0 Å². The molecule has 2 aliphatic carbocycles. The highest BCUT2D eigenvalue weighted by Crippen LogP contribution is 2.47. The first-order chi connectivity index (χ1) is 13.4. The molecular formula is C24H39N3O. The van der Waals surface area contributed by atoms with Gasteiger partial charge in [0.2, 0.25) is 5.91 Å². The van der Waals surface area contributed by atoms with E-state index in [9.17, 15) is 4.79 Å². The number of carbonyl (C=O) groups is 1. The Bertz CT molecular complexity index is 626. The number of nitrogens with one attached hydrogen (secondary N) is 1. The molecule has 28 heavy (non-hydrogen) atoms. The van der Waals surface area contributed by atoms with Gasteiger partial charge in [-0.25, -0.2) is 0 Å². The van der Waals surface area contributed by atoms with E-state index >= 15 is 0 Å². The number of likely N-dealkylation sites (N-methyl/N-ethyl adjacent to an activating group) is 2. The zero-order valence-corrected chi connectivity index (χ0v) is 18.3. The minimum absolute atomic E-state index is 0.0165. The summed E-state index contributed by atoms with van der Waals surface area (Å²) in [5.74, 6) is -0.0165. The topological polar surface area (TPSA) is 35.6 Å². The molecule has 1 atom stereocenters. The van der Waals surface area contributed by atoms with Crippen LogP contribution < -0.4 is 5.32 Å². The van der Waals surface area contributed by atoms with Gasteiger partial charge in [0.05, 0.1) is 6.17 Å². The van der Waals surface area contributed by atoms with Crippen molar-refractivity contribution in [1.29, 1.82) is 0 Å². The number of rotatable bonds is 10. The van der Waals surface area contributed by atoms with Crippen LogP contribution in [0.3, 0.4) is 0 Å². The molecule has 4 heteroatoms. The highest BCUT2D eigenvalue weighted by molar-refractivity contribution is 5.86. The molecule has 1 saturated carbocycles. The number of hydrogen-bond donors (Lipinski definition) is 1. The zero-order valence-electron chi connectivity index (χ0n) is 18.3. The molecule has 1 unspecified atom stereocenters. The van der Waals surface area contributed by atoms with Crippen molar-refractivity contribution in [2.24, 2.45) is 5.41 Å². The van der Waals surface area contributed by atoms with Gasteiger partial charge in [-0.05, 0) is 70.2 Å². The maximum atomic E-state index is 11.7. The van der Waals surface area contributed by atoms with Crippen LogP contribution in [0.4, 0.5) is 0 Å². The van der Waals surface area contributed by atoms with Crippen LogP contribution in [0.5, 0.6) is 0 Å². The first-order valence-electron chi connectivity index (χ1n) is 10.7. The summed E-state index contributed by atoms with van der Waals surface area (Å²) in [5, 5.41) is 3.53. The van der Waals surface area contributed by atoms with Crippen LogP contribution in [0.25, 0.3) is 0 Å². The SMILES string of the molecule is C=CC(=O)N(C)CCN(C)C(CC1(CC2=CC=CCC(C)=C2)CCCC1)NC. The molecule has 0 aromatic heterocycles. The van der Waals surface area contributed by atoms with Crippen LogP contribution in [-0.4, -0.2) is 56.1 Å². The minimum Gasteiger partial charge on any atom is -0.341 e. The van der Waals surface area contributed by atoms with Crippen LogP contribution in [0, 0.1) is 5.41 Å². The van der Waals surface area contributed by atoms with Gasteiger partial charge in [0, 0.05) is 20.1 Å². The lowest BCUT2D eigenvalue weighted by molar-refractivity contribution is -0.125. The lowest BCUT2D eigenvalue weighted by Gasteiger charge is -2.38. The molecule has 4 nitrogen and oxygen atoms in total. The Morgan fingerprint density at radius 3 is 2.68 bits per heavy atom. The van der Waals surface area contributed by atoms with E-state index in [-0.39, 0.29) is 5.91 Å². The maximum Gasteiger partial charge on any atom is 0.245 e. The number of amides is 1. The Morgan fingerprint density at radius 2 is 2.04 bits per heavy atom. The number of hydrogen-bond acceptors (Lipinski definition) is 3. The third kappa shape index (κ3) is 6.46. The first kappa shape index (κ1) is 22.6. The normalized spacial score (nSPS) is 19.8. The predicted octanol–water partition coefficient (Wildman–Crippen LogP) is 4.28. The fourth-order valence-electron chi connectivity index (χ4n) is 4.61. The first-order valence-corrected chi connectivity index (χ1v) is 10.7. The zero-order chi connectivity index (χ0) is 20.6. The molecule has 2 rings (SSSR count).